The lowest BCUT2D eigenvalue weighted by atomic mass is 9.81. The standard InChI is InChI=1S/C24H30N4O3/c1-24(2,3)16-10-8-15(9-11-16)21-25-20(31-26-21)14-27-19-7-5-4-6-18(19)22(29)28(23(27)30)17-12-13-17/h8-11,17-19H,4-7,12-14H2,1-3H3. The van der Waals surface area contributed by atoms with E-state index in [2.05, 4.69) is 43.0 Å². The summed E-state index contributed by atoms with van der Waals surface area (Å²) < 4.78 is 5.53. The summed E-state index contributed by atoms with van der Waals surface area (Å²) in [4.78, 5) is 34.1. The summed E-state index contributed by atoms with van der Waals surface area (Å²) in [7, 11) is 0. The lowest BCUT2D eigenvalue weighted by Crippen LogP contribution is -2.62. The first-order valence-corrected chi connectivity index (χ1v) is 11.4. The first kappa shape index (κ1) is 20.2. The third-order valence-electron chi connectivity index (χ3n) is 6.83. The topological polar surface area (TPSA) is 79.5 Å². The molecular weight excluding hydrogens is 392 g/mol. The highest BCUT2D eigenvalue weighted by Crippen LogP contribution is 2.40. The predicted octanol–water partition coefficient (Wildman–Crippen LogP) is 4.52. The molecule has 2 heterocycles. The zero-order valence-corrected chi connectivity index (χ0v) is 18.5. The molecule has 2 saturated carbocycles. The summed E-state index contributed by atoms with van der Waals surface area (Å²) in [5.41, 5.74) is 2.21. The van der Waals surface area contributed by atoms with E-state index >= 15 is 0 Å². The molecule has 3 fully saturated rings. The van der Waals surface area contributed by atoms with Crippen LogP contribution in [0, 0.1) is 5.92 Å². The van der Waals surface area contributed by atoms with Crippen LogP contribution in [0.25, 0.3) is 11.4 Å². The molecule has 1 aromatic carbocycles. The number of urea groups is 1. The van der Waals surface area contributed by atoms with E-state index in [4.69, 9.17) is 4.52 Å². The zero-order valence-electron chi connectivity index (χ0n) is 18.5. The molecular formula is C24H30N4O3. The van der Waals surface area contributed by atoms with Crippen molar-refractivity contribution >= 4 is 11.9 Å². The molecule has 2 aromatic rings. The van der Waals surface area contributed by atoms with E-state index in [0.717, 1.165) is 44.1 Å². The van der Waals surface area contributed by atoms with E-state index in [0.29, 0.717) is 11.7 Å². The number of fused-ring (bicyclic) bond motifs is 1. The largest absolute Gasteiger partial charge is 0.337 e. The molecule has 2 unspecified atom stereocenters. The van der Waals surface area contributed by atoms with Gasteiger partial charge >= 0.3 is 6.03 Å². The number of rotatable bonds is 4. The quantitative estimate of drug-likeness (QED) is 0.724. The van der Waals surface area contributed by atoms with Crippen LogP contribution >= 0.6 is 0 Å². The molecule has 3 aliphatic rings. The molecule has 1 saturated heterocycles. The second kappa shape index (κ2) is 7.46. The molecule has 2 atom stereocenters. The van der Waals surface area contributed by atoms with Gasteiger partial charge in [-0.1, -0.05) is 63.0 Å². The Bertz CT molecular complexity index is 987. The van der Waals surface area contributed by atoms with E-state index in [1.165, 1.54) is 10.5 Å². The van der Waals surface area contributed by atoms with Crippen molar-refractivity contribution in [2.75, 3.05) is 0 Å². The number of benzene rings is 1. The Morgan fingerprint density at radius 3 is 2.42 bits per heavy atom. The monoisotopic (exact) mass is 422 g/mol. The van der Waals surface area contributed by atoms with Gasteiger partial charge in [0, 0.05) is 17.6 Å². The van der Waals surface area contributed by atoms with Gasteiger partial charge in [0.15, 0.2) is 0 Å². The van der Waals surface area contributed by atoms with Crippen LogP contribution < -0.4 is 0 Å². The highest BCUT2D eigenvalue weighted by atomic mass is 16.5. The number of aromatic nitrogens is 2. The van der Waals surface area contributed by atoms with Crippen LogP contribution in [-0.4, -0.2) is 44.0 Å². The van der Waals surface area contributed by atoms with Crippen LogP contribution in [0.3, 0.4) is 0 Å². The van der Waals surface area contributed by atoms with E-state index < -0.39 is 0 Å². The van der Waals surface area contributed by atoms with E-state index in [1.807, 2.05) is 17.0 Å². The molecule has 0 radical (unpaired) electrons. The molecule has 164 valence electrons. The SMILES string of the molecule is CC(C)(C)c1ccc(-c2noc(CN3C(=O)N(C4CC4)C(=O)C4CCCCC43)n2)cc1. The van der Waals surface area contributed by atoms with E-state index in [-0.39, 0.29) is 41.9 Å². The smallest absolute Gasteiger partial charge is 0.327 e. The Kier molecular flexibility index (Phi) is 4.87. The molecule has 3 amide bonds. The molecule has 0 bridgehead atoms. The Labute approximate surface area is 182 Å². The van der Waals surface area contributed by atoms with Gasteiger partial charge in [-0.2, -0.15) is 4.98 Å². The second-order valence-electron chi connectivity index (χ2n) is 10.1. The molecule has 1 aliphatic heterocycles. The van der Waals surface area contributed by atoms with Crippen LogP contribution in [0.2, 0.25) is 0 Å². The average molecular weight is 423 g/mol. The lowest BCUT2D eigenvalue weighted by molar-refractivity contribution is -0.141. The Morgan fingerprint density at radius 2 is 1.74 bits per heavy atom. The molecule has 7 heteroatoms. The van der Waals surface area contributed by atoms with Gasteiger partial charge in [-0.15, -0.1) is 0 Å². The van der Waals surface area contributed by atoms with Crippen LogP contribution in [0.5, 0.6) is 0 Å². The van der Waals surface area contributed by atoms with E-state index in [9.17, 15) is 9.59 Å². The molecule has 0 spiro atoms. The number of hydrogen-bond donors (Lipinski definition) is 0. The fourth-order valence-electron chi connectivity index (χ4n) is 4.88. The van der Waals surface area contributed by atoms with Crippen molar-refractivity contribution < 1.29 is 14.1 Å². The maximum atomic E-state index is 13.2. The minimum absolute atomic E-state index is 0.0265. The summed E-state index contributed by atoms with van der Waals surface area (Å²) in [6.45, 7) is 6.79. The number of nitrogens with zero attached hydrogens (tertiary/aromatic N) is 4. The third-order valence-corrected chi connectivity index (χ3v) is 6.83. The van der Waals surface area contributed by atoms with Crippen molar-refractivity contribution in [3.8, 4) is 11.4 Å². The Morgan fingerprint density at radius 1 is 1.03 bits per heavy atom. The maximum absolute atomic E-state index is 13.2. The van der Waals surface area contributed by atoms with Gasteiger partial charge in [0.25, 0.3) is 0 Å². The first-order chi connectivity index (χ1) is 14.8. The Balaban J connectivity index is 1.37. The van der Waals surface area contributed by atoms with E-state index in [1.54, 1.807) is 0 Å². The van der Waals surface area contributed by atoms with Gasteiger partial charge < -0.3 is 9.42 Å². The number of imide groups is 1. The van der Waals surface area contributed by atoms with Crippen LogP contribution in [0.15, 0.2) is 28.8 Å². The molecule has 5 rings (SSSR count). The fraction of sp³-hybridized carbons (Fsp3) is 0.583. The average Bonchev–Trinajstić information content (AvgIpc) is 3.47. The van der Waals surface area contributed by atoms with Crippen molar-refractivity contribution in [3.63, 3.8) is 0 Å². The van der Waals surface area contributed by atoms with Crippen LogP contribution in [0.4, 0.5) is 4.79 Å². The Hall–Kier alpha value is -2.70. The van der Waals surface area contributed by atoms with Crippen molar-refractivity contribution in [1.29, 1.82) is 0 Å². The van der Waals surface area contributed by atoms with Gasteiger partial charge in [-0.05, 0) is 36.7 Å². The maximum Gasteiger partial charge on any atom is 0.327 e. The van der Waals surface area contributed by atoms with Crippen molar-refractivity contribution in [2.24, 2.45) is 5.92 Å². The summed E-state index contributed by atoms with van der Waals surface area (Å²) in [6.07, 6.45) is 5.62. The summed E-state index contributed by atoms with van der Waals surface area (Å²) in [5.74, 6) is 0.867. The van der Waals surface area contributed by atoms with Crippen molar-refractivity contribution in [2.45, 2.75) is 83.3 Å². The van der Waals surface area contributed by atoms with Gasteiger partial charge in [-0.25, -0.2) is 4.79 Å². The number of amides is 3. The number of carbonyl (C=O) groups is 2. The van der Waals surface area contributed by atoms with Gasteiger partial charge in [-0.3, -0.25) is 9.69 Å². The molecule has 31 heavy (non-hydrogen) atoms. The van der Waals surface area contributed by atoms with Gasteiger partial charge in [0.05, 0.1) is 5.92 Å². The minimum Gasteiger partial charge on any atom is -0.337 e. The molecule has 1 aromatic heterocycles. The lowest BCUT2D eigenvalue weighted by Gasteiger charge is -2.46. The zero-order chi connectivity index (χ0) is 21.8. The molecule has 7 nitrogen and oxygen atoms in total. The summed E-state index contributed by atoms with van der Waals surface area (Å²) in [6, 6.07) is 8.01. The predicted molar refractivity (Wildman–Crippen MR) is 115 cm³/mol. The third kappa shape index (κ3) is 3.75. The number of hydrogen-bond acceptors (Lipinski definition) is 5. The summed E-state index contributed by atoms with van der Waals surface area (Å²) in [5, 5.41) is 4.15. The number of carbonyl (C=O) groups excluding carboxylic acids is 2. The first-order valence-electron chi connectivity index (χ1n) is 11.4. The molecule has 2 aliphatic carbocycles. The second-order valence-corrected chi connectivity index (χ2v) is 10.1. The highest BCUT2D eigenvalue weighted by molar-refractivity contribution is 5.99. The van der Waals surface area contributed by atoms with Crippen LogP contribution in [-0.2, 0) is 16.8 Å². The normalized spacial score (nSPS) is 24.5. The summed E-state index contributed by atoms with van der Waals surface area (Å²) >= 11 is 0. The van der Waals surface area contributed by atoms with Gasteiger partial charge in [0.1, 0.15) is 6.54 Å². The van der Waals surface area contributed by atoms with Crippen molar-refractivity contribution in [3.05, 3.63) is 35.7 Å². The van der Waals surface area contributed by atoms with Crippen LogP contribution in [0.1, 0.15) is 70.8 Å². The molecule has 0 N–H and O–H groups in total. The van der Waals surface area contributed by atoms with Crippen molar-refractivity contribution in [1.82, 2.24) is 19.9 Å². The van der Waals surface area contributed by atoms with Gasteiger partial charge in [0.2, 0.25) is 17.6 Å². The highest BCUT2D eigenvalue weighted by Gasteiger charge is 2.51. The fourth-order valence-corrected chi connectivity index (χ4v) is 4.88. The minimum atomic E-state index is -0.190.